The van der Waals surface area contributed by atoms with Gasteiger partial charge in [0.25, 0.3) is 0 Å². The lowest BCUT2D eigenvalue weighted by Crippen LogP contribution is -2.50. The third-order valence-corrected chi connectivity index (χ3v) is 6.11. The van der Waals surface area contributed by atoms with Crippen LogP contribution >= 0.6 is 0 Å². The molecule has 0 radical (unpaired) electrons. The number of rotatable bonds is 2. The molecular formula is C22H28O3. The van der Waals surface area contributed by atoms with Gasteiger partial charge in [-0.25, -0.2) is 0 Å². The normalized spacial score (nSPS) is 33.0. The van der Waals surface area contributed by atoms with Gasteiger partial charge in [0.15, 0.2) is 5.78 Å². The van der Waals surface area contributed by atoms with Crippen LogP contribution in [0.2, 0.25) is 0 Å². The summed E-state index contributed by atoms with van der Waals surface area (Å²) in [5.74, 6) is 7.54. The fourth-order valence-electron chi connectivity index (χ4n) is 4.86. The van der Waals surface area contributed by atoms with E-state index in [0.717, 1.165) is 25.0 Å². The van der Waals surface area contributed by atoms with Gasteiger partial charge in [0.2, 0.25) is 0 Å². The molecule has 25 heavy (non-hydrogen) atoms. The van der Waals surface area contributed by atoms with E-state index in [0.29, 0.717) is 6.61 Å². The molecule has 0 aromatic heterocycles. The van der Waals surface area contributed by atoms with Crippen LogP contribution in [0.25, 0.3) is 0 Å². The molecule has 3 rings (SSSR count). The summed E-state index contributed by atoms with van der Waals surface area (Å²) in [4.78, 5) is 13.2. The topological polar surface area (TPSA) is 35.5 Å². The zero-order valence-corrected chi connectivity index (χ0v) is 15.7. The van der Waals surface area contributed by atoms with E-state index in [1.807, 2.05) is 0 Å². The molecule has 0 N–H and O–H groups in total. The van der Waals surface area contributed by atoms with Gasteiger partial charge in [-0.1, -0.05) is 43.8 Å². The molecule has 1 fully saturated rings. The van der Waals surface area contributed by atoms with Gasteiger partial charge in [0.05, 0.1) is 12.5 Å². The predicted molar refractivity (Wildman–Crippen MR) is 98.6 cm³/mol. The largest absolute Gasteiger partial charge is 0.497 e. The van der Waals surface area contributed by atoms with E-state index in [9.17, 15) is 4.79 Å². The van der Waals surface area contributed by atoms with E-state index in [4.69, 9.17) is 9.47 Å². The minimum atomic E-state index is -0.609. The van der Waals surface area contributed by atoms with Crippen molar-refractivity contribution in [3.8, 4) is 11.8 Å². The smallest absolute Gasteiger partial charge is 0.167 e. The summed E-state index contributed by atoms with van der Waals surface area (Å²) >= 11 is 0. The SMILES string of the molecule is COCC#C[C@@H]1CC=C2[C@H](CCCC2(C)C)[C@]12C=C(OC)C=CC2=O. The summed E-state index contributed by atoms with van der Waals surface area (Å²) in [5, 5.41) is 0. The van der Waals surface area contributed by atoms with Crippen LogP contribution in [0.4, 0.5) is 0 Å². The number of allylic oxidation sites excluding steroid dienone is 5. The fraction of sp³-hybridized carbons (Fsp3) is 0.591. The number of carbonyl (C=O) groups excluding carboxylic acids is 1. The number of methoxy groups -OCH3 is 2. The van der Waals surface area contributed by atoms with Gasteiger partial charge in [-0.05, 0) is 48.8 Å². The zero-order valence-electron chi connectivity index (χ0n) is 15.7. The van der Waals surface area contributed by atoms with Crippen molar-refractivity contribution in [2.45, 2.75) is 39.5 Å². The van der Waals surface area contributed by atoms with Crippen LogP contribution < -0.4 is 0 Å². The Kier molecular flexibility index (Phi) is 4.93. The Morgan fingerprint density at radius 2 is 2.08 bits per heavy atom. The molecule has 0 amide bonds. The Bertz CT molecular complexity index is 699. The van der Waals surface area contributed by atoms with Crippen molar-refractivity contribution in [1.29, 1.82) is 0 Å². The van der Waals surface area contributed by atoms with Crippen molar-refractivity contribution < 1.29 is 14.3 Å². The minimum Gasteiger partial charge on any atom is -0.497 e. The molecule has 1 spiro atoms. The second kappa shape index (κ2) is 6.84. The lowest BCUT2D eigenvalue weighted by molar-refractivity contribution is -0.126. The van der Waals surface area contributed by atoms with Crippen molar-refractivity contribution in [3.05, 3.63) is 35.6 Å². The molecule has 0 saturated heterocycles. The Balaban J connectivity index is 2.13. The fourth-order valence-corrected chi connectivity index (χ4v) is 4.86. The molecule has 3 aliphatic rings. The Labute approximate surface area is 151 Å². The lowest BCUT2D eigenvalue weighted by Gasteiger charge is -2.52. The van der Waals surface area contributed by atoms with Gasteiger partial charge in [-0.15, -0.1) is 0 Å². The van der Waals surface area contributed by atoms with Gasteiger partial charge in [-0.3, -0.25) is 4.79 Å². The minimum absolute atomic E-state index is 0.0344. The number of carbonyl (C=O) groups is 1. The highest BCUT2D eigenvalue weighted by Gasteiger charge is 2.55. The second-order valence-corrected chi connectivity index (χ2v) is 7.91. The first-order valence-electron chi connectivity index (χ1n) is 9.13. The monoisotopic (exact) mass is 340 g/mol. The van der Waals surface area contributed by atoms with Crippen molar-refractivity contribution in [1.82, 2.24) is 0 Å². The molecule has 0 aliphatic heterocycles. The van der Waals surface area contributed by atoms with Gasteiger partial charge in [0, 0.05) is 13.0 Å². The van der Waals surface area contributed by atoms with Gasteiger partial charge in [0.1, 0.15) is 12.4 Å². The van der Waals surface area contributed by atoms with Crippen LogP contribution in [0.5, 0.6) is 0 Å². The average molecular weight is 340 g/mol. The molecular weight excluding hydrogens is 312 g/mol. The third kappa shape index (κ3) is 2.98. The molecule has 0 aromatic rings. The number of ether oxygens (including phenoxy) is 2. The summed E-state index contributed by atoms with van der Waals surface area (Å²) in [7, 11) is 3.31. The van der Waals surface area contributed by atoms with E-state index in [1.165, 1.54) is 12.0 Å². The van der Waals surface area contributed by atoms with E-state index >= 15 is 0 Å². The average Bonchev–Trinajstić information content (AvgIpc) is 2.59. The standard InChI is InChI=1S/C22H28O3/c1-21(2)13-5-8-19-18(21)11-9-16(7-6-14-24-3)22(19)15-17(25-4)10-12-20(22)23/h10-12,15-16,19H,5,8-9,13-14H2,1-4H3/t16-,19+,22+/m1/s1. The van der Waals surface area contributed by atoms with Crippen LogP contribution in [0.3, 0.4) is 0 Å². The molecule has 134 valence electrons. The molecule has 0 bridgehead atoms. The predicted octanol–water partition coefficient (Wildman–Crippen LogP) is 4.06. The molecule has 1 saturated carbocycles. The summed E-state index contributed by atoms with van der Waals surface area (Å²) in [6.07, 6.45) is 12.0. The maximum absolute atomic E-state index is 13.2. The van der Waals surface area contributed by atoms with Crippen LogP contribution in [0.15, 0.2) is 35.6 Å². The van der Waals surface area contributed by atoms with Crippen LogP contribution in [0.1, 0.15) is 39.5 Å². The molecule has 3 atom stereocenters. The zero-order chi connectivity index (χ0) is 18.1. The molecule has 3 heteroatoms. The maximum Gasteiger partial charge on any atom is 0.167 e. The van der Waals surface area contributed by atoms with Crippen LogP contribution in [-0.4, -0.2) is 26.6 Å². The van der Waals surface area contributed by atoms with E-state index in [1.54, 1.807) is 26.4 Å². The maximum atomic E-state index is 13.2. The Hall–Kier alpha value is -1.79. The van der Waals surface area contributed by atoms with Gasteiger partial charge in [-0.2, -0.15) is 0 Å². The third-order valence-electron chi connectivity index (χ3n) is 6.11. The van der Waals surface area contributed by atoms with Crippen molar-refractivity contribution in [2.75, 3.05) is 20.8 Å². The van der Waals surface area contributed by atoms with E-state index < -0.39 is 5.41 Å². The Morgan fingerprint density at radius 3 is 2.80 bits per heavy atom. The molecule has 3 nitrogen and oxygen atoms in total. The van der Waals surface area contributed by atoms with E-state index in [2.05, 4.69) is 37.8 Å². The highest BCUT2D eigenvalue weighted by molar-refractivity contribution is 5.99. The highest BCUT2D eigenvalue weighted by atomic mass is 16.5. The number of hydrogen-bond acceptors (Lipinski definition) is 3. The van der Waals surface area contributed by atoms with Gasteiger partial charge >= 0.3 is 0 Å². The highest BCUT2D eigenvalue weighted by Crippen LogP contribution is 2.58. The summed E-state index contributed by atoms with van der Waals surface area (Å²) in [5.41, 5.74) is 0.963. The second-order valence-electron chi connectivity index (χ2n) is 7.91. The van der Waals surface area contributed by atoms with Crippen LogP contribution in [-0.2, 0) is 14.3 Å². The number of hydrogen-bond donors (Lipinski definition) is 0. The lowest BCUT2D eigenvalue weighted by atomic mass is 9.50. The number of fused-ring (bicyclic) bond motifs is 2. The van der Waals surface area contributed by atoms with E-state index in [-0.39, 0.29) is 23.0 Å². The molecule has 0 aromatic carbocycles. The van der Waals surface area contributed by atoms with Crippen molar-refractivity contribution in [2.24, 2.45) is 22.7 Å². The van der Waals surface area contributed by atoms with Crippen LogP contribution in [0, 0.1) is 34.5 Å². The first-order chi connectivity index (χ1) is 12.0. The summed E-state index contributed by atoms with van der Waals surface area (Å²) < 4.78 is 10.6. The molecule has 3 aliphatic carbocycles. The quantitative estimate of drug-likeness (QED) is 0.562. The number of ketones is 1. The molecule has 0 unspecified atom stereocenters. The summed E-state index contributed by atoms with van der Waals surface area (Å²) in [6, 6.07) is 0. The first kappa shape index (κ1) is 18.0. The molecule has 0 heterocycles. The Morgan fingerprint density at radius 1 is 1.28 bits per heavy atom. The van der Waals surface area contributed by atoms with Crippen molar-refractivity contribution >= 4 is 5.78 Å². The first-order valence-corrected chi connectivity index (χ1v) is 9.13. The summed E-state index contributed by atoms with van der Waals surface area (Å²) in [6.45, 7) is 5.00. The van der Waals surface area contributed by atoms with Crippen molar-refractivity contribution in [3.63, 3.8) is 0 Å². The van der Waals surface area contributed by atoms with Gasteiger partial charge < -0.3 is 9.47 Å².